The van der Waals surface area contributed by atoms with E-state index < -0.39 is 22.2 Å². The third kappa shape index (κ3) is 8.30. The number of hydrogen-bond donors (Lipinski definition) is 2. The van der Waals surface area contributed by atoms with Crippen LogP contribution in [-0.4, -0.2) is 59.9 Å². The van der Waals surface area contributed by atoms with Gasteiger partial charge in [0, 0.05) is 36.8 Å². The van der Waals surface area contributed by atoms with E-state index in [1.165, 1.54) is 5.56 Å². The summed E-state index contributed by atoms with van der Waals surface area (Å²) in [5.41, 5.74) is 3.30. The van der Waals surface area contributed by atoms with Gasteiger partial charge < -0.3 is 19.1 Å². The van der Waals surface area contributed by atoms with Gasteiger partial charge in [-0.05, 0) is 98.7 Å². The quantitative estimate of drug-likeness (QED) is 0.360. The van der Waals surface area contributed by atoms with E-state index in [2.05, 4.69) is 20.4 Å². The topological polar surface area (TPSA) is 106 Å². The Morgan fingerprint density at radius 2 is 1.95 bits per heavy atom. The molecule has 2 aliphatic heterocycles. The van der Waals surface area contributed by atoms with Crippen LogP contribution in [0.25, 0.3) is 0 Å². The van der Waals surface area contributed by atoms with Crippen LogP contribution in [0, 0.1) is 11.8 Å². The molecule has 2 aromatic carbocycles. The molecule has 2 heterocycles. The lowest BCUT2D eigenvalue weighted by Gasteiger charge is -2.44. The maximum absolute atomic E-state index is 13.2. The number of hydrogen-bond acceptors (Lipinski definition) is 7. The number of anilines is 1. The average Bonchev–Trinajstić information content (AvgIpc) is 2.97. The van der Waals surface area contributed by atoms with E-state index in [-0.39, 0.29) is 11.7 Å². The molecule has 43 heavy (non-hydrogen) atoms. The van der Waals surface area contributed by atoms with Crippen LogP contribution in [0.15, 0.2) is 48.6 Å². The molecular weight excluding hydrogens is 590 g/mol. The van der Waals surface area contributed by atoms with Gasteiger partial charge in [-0.15, -0.1) is 0 Å². The summed E-state index contributed by atoms with van der Waals surface area (Å²) in [6.07, 6.45) is 9.32. The first-order valence-electron chi connectivity index (χ1n) is 15.1. The lowest BCUT2D eigenvalue weighted by atomic mass is 9.70. The van der Waals surface area contributed by atoms with E-state index in [0.717, 1.165) is 56.4 Å². The zero-order chi connectivity index (χ0) is 30.4. The summed E-state index contributed by atoms with van der Waals surface area (Å²) in [4.78, 5) is 15.5. The number of methoxy groups -OCH3 is 1. The first-order chi connectivity index (χ1) is 20.7. The number of fused-ring (bicyclic) bond motifs is 3. The Hall–Kier alpha value is -2.63. The van der Waals surface area contributed by atoms with Crippen molar-refractivity contribution in [2.45, 2.75) is 64.2 Å². The molecule has 3 aliphatic rings. The third-order valence-electron chi connectivity index (χ3n) is 8.59. The van der Waals surface area contributed by atoms with Crippen LogP contribution in [0.4, 0.5) is 5.69 Å². The SMILES string of the molecule is COCCO[C@H]1/C=C\C[C@H](C)NS(=O)(=O)NC(=O)c2ccc3c(c2)N(CCCCc2cc(Cl)ccc2CO3)C[C@@H]2CC[C@H]21. The maximum atomic E-state index is 13.2. The number of carbonyl (C=O) groups excluding carboxylic acids is 1. The second-order valence-electron chi connectivity index (χ2n) is 11.7. The number of carbonyl (C=O) groups is 1. The molecule has 4 atom stereocenters. The zero-order valence-electron chi connectivity index (χ0n) is 24.9. The van der Waals surface area contributed by atoms with Gasteiger partial charge in [-0.1, -0.05) is 29.8 Å². The maximum Gasteiger partial charge on any atom is 0.301 e. The largest absolute Gasteiger partial charge is 0.487 e. The van der Waals surface area contributed by atoms with Gasteiger partial charge in [0.2, 0.25) is 0 Å². The van der Waals surface area contributed by atoms with Crippen molar-refractivity contribution < 1.29 is 27.4 Å². The number of amides is 1. The first kappa shape index (κ1) is 31.8. The molecule has 9 nitrogen and oxygen atoms in total. The normalized spacial score (nSPS) is 26.9. The summed E-state index contributed by atoms with van der Waals surface area (Å²) in [6.45, 7) is 4.66. The van der Waals surface area contributed by atoms with Crippen molar-refractivity contribution in [3.63, 3.8) is 0 Å². The van der Waals surface area contributed by atoms with Crippen molar-refractivity contribution in [3.8, 4) is 5.75 Å². The molecule has 2 aromatic rings. The van der Waals surface area contributed by atoms with Crippen molar-refractivity contribution in [2.75, 3.05) is 38.3 Å². The Bertz CT molecular complexity index is 1420. The number of halogens is 1. The van der Waals surface area contributed by atoms with Crippen LogP contribution in [0.5, 0.6) is 5.75 Å². The number of benzene rings is 2. The van der Waals surface area contributed by atoms with Crippen molar-refractivity contribution in [3.05, 3.63) is 70.3 Å². The number of rotatable bonds is 4. The van der Waals surface area contributed by atoms with E-state index in [0.29, 0.717) is 48.8 Å². The molecule has 11 heteroatoms. The summed E-state index contributed by atoms with van der Waals surface area (Å²) in [6, 6.07) is 10.6. The molecule has 5 rings (SSSR count). The summed E-state index contributed by atoms with van der Waals surface area (Å²) >= 11 is 6.32. The molecule has 1 aliphatic carbocycles. The minimum absolute atomic E-state index is 0.101. The van der Waals surface area contributed by atoms with Crippen molar-refractivity contribution in [2.24, 2.45) is 11.8 Å². The fourth-order valence-electron chi connectivity index (χ4n) is 6.15. The van der Waals surface area contributed by atoms with Crippen LogP contribution < -0.4 is 19.1 Å². The first-order valence-corrected chi connectivity index (χ1v) is 17.0. The lowest BCUT2D eigenvalue weighted by molar-refractivity contribution is -0.0308. The number of ether oxygens (including phenoxy) is 3. The predicted octanol–water partition coefficient (Wildman–Crippen LogP) is 5.03. The number of aryl methyl sites for hydroxylation is 1. The smallest absolute Gasteiger partial charge is 0.301 e. The molecule has 0 unspecified atom stereocenters. The monoisotopic (exact) mass is 631 g/mol. The van der Waals surface area contributed by atoms with Gasteiger partial charge in [-0.2, -0.15) is 13.1 Å². The molecule has 1 fully saturated rings. The molecule has 1 saturated carbocycles. The standard InChI is InChI=1S/C32H42ClN3O6S/c1-22-6-5-8-30(41-17-16-40-2)28-13-10-25(28)20-36-15-4-3-7-23-18-27(33)12-9-26(23)21-42-31-14-11-24(19-29(31)36)32(37)35-43(38,39)34-22/h5,8-9,11-12,14,18-19,22,25,28,30,34H,3-4,6-7,10,13,15-17,20-21H2,1-2H3,(H,35,37)/b8-5-/t22-,25-,28+,30-/m0/s1. The zero-order valence-corrected chi connectivity index (χ0v) is 26.5. The second-order valence-corrected chi connectivity index (χ2v) is 13.6. The average molecular weight is 632 g/mol. The molecule has 0 saturated heterocycles. The molecule has 2 N–H and O–H groups in total. The van der Waals surface area contributed by atoms with Gasteiger partial charge in [-0.25, -0.2) is 4.72 Å². The fourth-order valence-corrected chi connectivity index (χ4v) is 7.39. The van der Waals surface area contributed by atoms with E-state index >= 15 is 0 Å². The van der Waals surface area contributed by atoms with Gasteiger partial charge in [0.05, 0.1) is 25.0 Å². The summed E-state index contributed by atoms with van der Waals surface area (Å²) in [5, 5.41) is 0.710. The van der Waals surface area contributed by atoms with Crippen molar-refractivity contribution in [1.82, 2.24) is 9.44 Å². The Morgan fingerprint density at radius 3 is 2.74 bits per heavy atom. The molecule has 0 radical (unpaired) electrons. The van der Waals surface area contributed by atoms with Crippen LogP contribution in [-0.2, 0) is 32.7 Å². The molecule has 2 bridgehead atoms. The van der Waals surface area contributed by atoms with E-state index in [4.69, 9.17) is 25.8 Å². The highest BCUT2D eigenvalue weighted by atomic mass is 35.5. The highest BCUT2D eigenvalue weighted by Gasteiger charge is 2.38. The van der Waals surface area contributed by atoms with Crippen molar-refractivity contribution in [1.29, 1.82) is 0 Å². The highest BCUT2D eigenvalue weighted by molar-refractivity contribution is 7.88. The Labute approximate surface area is 260 Å². The van der Waals surface area contributed by atoms with E-state index in [1.54, 1.807) is 32.2 Å². The predicted molar refractivity (Wildman–Crippen MR) is 168 cm³/mol. The summed E-state index contributed by atoms with van der Waals surface area (Å²) in [5.74, 6) is 0.659. The van der Waals surface area contributed by atoms with E-state index in [1.807, 2.05) is 24.3 Å². The van der Waals surface area contributed by atoms with Gasteiger partial charge >= 0.3 is 10.2 Å². The van der Waals surface area contributed by atoms with Crippen molar-refractivity contribution >= 4 is 33.4 Å². The van der Waals surface area contributed by atoms with Crippen LogP contribution >= 0.6 is 11.6 Å². The van der Waals surface area contributed by atoms with Crippen LogP contribution in [0.3, 0.4) is 0 Å². The molecule has 234 valence electrons. The number of nitrogens with one attached hydrogen (secondary N) is 2. The fraction of sp³-hybridized carbons (Fsp3) is 0.531. The van der Waals surface area contributed by atoms with Gasteiger partial charge in [-0.3, -0.25) is 4.79 Å². The van der Waals surface area contributed by atoms with Gasteiger partial charge in [0.1, 0.15) is 12.4 Å². The minimum Gasteiger partial charge on any atom is -0.487 e. The van der Waals surface area contributed by atoms with E-state index in [9.17, 15) is 13.2 Å². The van der Waals surface area contributed by atoms with Gasteiger partial charge in [0.25, 0.3) is 5.91 Å². The highest BCUT2D eigenvalue weighted by Crippen LogP contribution is 2.41. The Kier molecular flexibility index (Phi) is 10.7. The summed E-state index contributed by atoms with van der Waals surface area (Å²) in [7, 11) is -2.42. The van der Waals surface area contributed by atoms with Crippen LogP contribution in [0.2, 0.25) is 5.02 Å². The Morgan fingerprint density at radius 1 is 1.09 bits per heavy atom. The third-order valence-corrected chi connectivity index (χ3v) is 9.99. The minimum atomic E-state index is -4.08. The molecular formula is C32H42ClN3O6S. The summed E-state index contributed by atoms with van der Waals surface area (Å²) < 4.78 is 48.3. The second kappa shape index (κ2) is 14.4. The molecule has 1 amide bonds. The van der Waals surface area contributed by atoms with Gasteiger partial charge in [0.15, 0.2) is 0 Å². The van der Waals surface area contributed by atoms with Crippen LogP contribution in [0.1, 0.15) is 60.5 Å². The number of nitrogens with zero attached hydrogens (tertiary/aromatic N) is 1. The lowest BCUT2D eigenvalue weighted by Crippen LogP contribution is -2.45. The molecule has 0 spiro atoms. The Balaban J connectivity index is 1.51. The molecule has 0 aromatic heterocycles.